The van der Waals surface area contributed by atoms with E-state index in [2.05, 4.69) is 98.0 Å². The fourth-order valence-corrected chi connectivity index (χ4v) is 4.29. The average molecular weight is 332 g/mol. The second-order valence-electron chi connectivity index (χ2n) is 6.96. The van der Waals surface area contributed by atoms with Gasteiger partial charge in [0.05, 0.1) is 0 Å². The molecule has 1 aliphatic rings. The molecule has 0 unspecified atom stereocenters. The van der Waals surface area contributed by atoms with Crippen LogP contribution in [0.4, 0.5) is 0 Å². The van der Waals surface area contributed by atoms with Crippen molar-refractivity contribution >= 4 is 27.6 Å². The molecule has 0 nitrogen and oxygen atoms in total. The minimum absolute atomic E-state index is 0.983. The van der Waals surface area contributed by atoms with Gasteiger partial charge in [-0.25, -0.2) is 0 Å². The highest BCUT2D eigenvalue weighted by Gasteiger charge is 2.18. The number of aryl methyl sites for hydroxylation is 1. The highest BCUT2D eigenvalue weighted by atomic mass is 14.2. The second kappa shape index (κ2) is 6.00. The summed E-state index contributed by atoms with van der Waals surface area (Å²) in [7, 11) is 0. The molecular formula is C26H20. The summed E-state index contributed by atoms with van der Waals surface area (Å²) in [5.74, 6) is 0. The highest BCUT2D eigenvalue weighted by molar-refractivity contribution is 6.09. The fraction of sp³-hybridized carbons (Fsp3) is 0.0769. The van der Waals surface area contributed by atoms with Gasteiger partial charge in [0.2, 0.25) is 0 Å². The summed E-state index contributed by atoms with van der Waals surface area (Å²) in [5, 5.41) is 5.31. The van der Waals surface area contributed by atoms with Crippen LogP contribution in [-0.2, 0) is 6.42 Å². The Hall–Kier alpha value is -3.12. The van der Waals surface area contributed by atoms with E-state index in [4.69, 9.17) is 0 Å². The molecule has 5 rings (SSSR count). The lowest BCUT2D eigenvalue weighted by molar-refractivity contribution is 1.23. The molecular weight excluding hydrogens is 312 g/mol. The van der Waals surface area contributed by atoms with E-state index in [-0.39, 0.29) is 0 Å². The van der Waals surface area contributed by atoms with E-state index in [1.807, 2.05) is 0 Å². The Morgan fingerprint density at radius 2 is 1.42 bits per heavy atom. The van der Waals surface area contributed by atoms with Crippen LogP contribution in [0.3, 0.4) is 0 Å². The molecule has 0 saturated heterocycles. The van der Waals surface area contributed by atoms with Gasteiger partial charge in [-0.3, -0.25) is 0 Å². The van der Waals surface area contributed by atoms with Crippen molar-refractivity contribution in [1.29, 1.82) is 0 Å². The number of hydrogen-bond acceptors (Lipinski definition) is 0. The van der Waals surface area contributed by atoms with Crippen molar-refractivity contribution in [2.45, 2.75) is 13.3 Å². The first-order valence-corrected chi connectivity index (χ1v) is 9.20. The Morgan fingerprint density at radius 3 is 2.31 bits per heavy atom. The standard InChI is InChI=1S/C26H20/c1-18-20-12-3-2-4-15-23(20)26(24-16-8-7-13-21(18)24)25-17-9-11-19-10-5-6-14-22(19)25/h2-11,13-17H,12H2,1H3. The molecule has 0 N–H and O–H groups in total. The van der Waals surface area contributed by atoms with Crippen LogP contribution in [0.1, 0.15) is 16.7 Å². The normalized spacial score (nSPS) is 13.1. The number of benzene rings is 4. The molecule has 0 amide bonds. The molecule has 124 valence electrons. The van der Waals surface area contributed by atoms with Gasteiger partial charge in [-0.15, -0.1) is 0 Å². The first-order valence-electron chi connectivity index (χ1n) is 9.20. The molecule has 0 radical (unpaired) electrons. The Bertz CT molecular complexity index is 1200. The molecule has 0 fully saturated rings. The van der Waals surface area contributed by atoms with Gasteiger partial charge in [0.25, 0.3) is 0 Å². The van der Waals surface area contributed by atoms with E-state index < -0.39 is 0 Å². The number of hydrogen-bond donors (Lipinski definition) is 0. The van der Waals surface area contributed by atoms with E-state index in [1.165, 1.54) is 49.4 Å². The molecule has 0 aliphatic heterocycles. The van der Waals surface area contributed by atoms with Gasteiger partial charge in [-0.05, 0) is 62.7 Å². The van der Waals surface area contributed by atoms with Gasteiger partial charge in [0.1, 0.15) is 0 Å². The Kier molecular flexibility index (Phi) is 3.50. The lowest BCUT2D eigenvalue weighted by atomic mass is 9.84. The van der Waals surface area contributed by atoms with E-state index in [0.717, 1.165) is 6.42 Å². The van der Waals surface area contributed by atoms with Gasteiger partial charge in [0, 0.05) is 0 Å². The van der Waals surface area contributed by atoms with Crippen molar-refractivity contribution in [1.82, 2.24) is 0 Å². The molecule has 0 heterocycles. The van der Waals surface area contributed by atoms with Gasteiger partial charge in [-0.1, -0.05) is 91.0 Å². The summed E-state index contributed by atoms with van der Waals surface area (Å²) >= 11 is 0. The predicted molar refractivity (Wildman–Crippen MR) is 114 cm³/mol. The van der Waals surface area contributed by atoms with Crippen LogP contribution < -0.4 is 0 Å². The molecule has 0 spiro atoms. The quantitative estimate of drug-likeness (QED) is 0.349. The Labute approximate surface area is 154 Å². The summed E-state index contributed by atoms with van der Waals surface area (Å²) < 4.78 is 0. The lowest BCUT2D eigenvalue weighted by Crippen LogP contribution is -1.98. The summed E-state index contributed by atoms with van der Waals surface area (Å²) in [5.41, 5.74) is 6.88. The van der Waals surface area contributed by atoms with Crippen LogP contribution in [-0.4, -0.2) is 0 Å². The van der Waals surface area contributed by atoms with E-state index in [0.29, 0.717) is 0 Å². The first kappa shape index (κ1) is 15.2. The van der Waals surface area contributed by atoms with Crippen LogP contribution >= 0.6 is 0 Å². The minimum Gasteiger partial charge on any atom is -0.0801 e. The molecule has 0 bridgehead atoms. The molecule has 0 aromatic heterocycles. The third-order valence-corrected chi connectivity index (χ3v) is 5.54. The summed E-state index contributed by atoms with van der Waals surface area (Å²) in [6.45, 7) is 2.26. The van der Waals surface area contributed by atoms with Crippen LogP contribution in [0.25, 0.3) is 38.7 Å². The first-order chi connectivity index (χ1) is 12.8. The molecule has 4 aromatic rings. The van der Waals surface area contributed by atoms with E-state index in [1.54, 1.807) is 0 Å². The average Bonchev–Trinajstić information content (AvgIpc) is 2.95. The van der Waals surface area contributed by atoms with Crippen molar-refractivity contribution < 1.29 is 0 Å². The topological polar surface area (TPSA) is 0 Å². The van der Waals surface area contributed by atoms with Gasteiger partial charge in [-0.2, -0.15) is 0 Å². The SMILES string of the molecule is Cc1c2c(c(-c3cccc4ccccc34)c3ccccc13)C=CC=CC2. The molecule has 26 heavy (non-hydrogen) atoms. The van der Waals surface area contributed by atoms with Crippen LogP contribution in [0, 0.1) is 6.92 Å². The van der Waals surface area contributed by atoms with Crippen LogP contribution in [0.5, 0.6) is 0 Å². The lowest BCUT2D eigenvalue weighted by Gasteiger charge is -2.19. The molecule has 4 aromatic carbocycles. The highest BCUT2D eigenvalue weighted by Crippen LogP contribution is 2.41. The molecule has 0 heteroatoms. The summed E-state index contributed by atoms with van der Waals surface area (Å²) in [6.07, 6.45) is 9.87. The van der Waals surface area contributed by atoms with Crippen molar-refractivity contribution in [2.75, 3.05) is 0 Å². The van der Waals surface area contributed by atoms with Gasteiger partial charge < -0.3 is 0 Å². The zero-order valence-corrected chi connectivity index (χ0v) is 14.9. The Balaban J connectivity index is 2.00. The summed E-state index contributed by atoms with van der Waals surface area (Å²) in [6, 6.07) is 24.2. The molecule has 1 aliphatic carbocycles. The smallest absolute Gasteiger partial charge is 0.00235 e. The largest absolute Gasteiger partial charge is 0.0801 e. The fourth-order valence-electron chi connectivity index (χ4n) is 4.29. The Morgan fingerprint density at radius 1 is 0.692 bits per heavy atom. The van der Waals surface area contributed by atoms with Crippen molar-refractivity contribution in [3.8, 4) is 11.1 Å². The zero-order chi connectivity index (χ0) is 17.5. The van der Waals surface area contributed by atoms with E-state index >= 15 is 0 Å². The maximum atomic E-state index is 2.29. The maximum absolute atomic E-state index is 2.29. The summed E-state index contributed by atoms with van der Waals surface area (Å²) in [4.78, 5) is 0. The van der Waals surface area contributed by atoms with Crippen LogP contribution in [0.2, 0.25) is 0 Å². The van der Waals surface area contributed by atoms with Gasteiger partial charge in [0.15, 0.2) is 0 Å². The van der Waals surface area contributed by atoms with Crippen molar-refractivity contribution in [3.63, 3.8) is 0 Å². The second-order valence-corrected chi connectivity index (χ2v) is 6.96. The molecule has 0 saturated carbocycles. The van der Waals surface area contributed by atoms with Crippen LogP contribution in [0.15, 0.2) is 85.0 Å². The van der Waals surface area contributed by atoms with Crippen molar-refractivity contribution in [2.24, 2.45) is 0 Å². The third kappa shape index (κ3) is 2.23. The maximum Gasteiger partial charge on any atom is -0.00235 e. The number of fused-ring (bicyclic) bond motifs is 3. The third-order valence-electron chi connectivity index (χ3n) is 5.54. The van der Waals surface area contributed by atoms with Crippen molar-refractivity contribution in [3.05, 3.63) is 102 Å². The number of rotatable bonds is 1. The monoisotopic (exact) mass is 332 g/mol. The zero-order valence-electron chi connectivity index (χ0n) is 14.9. The van der Waals surface area contributed by atoms with Gasteiger partial charge >= 0.3 is 0 Å². The minimum atomic E-state index is 0.983. The van der Waals surface area contributed by atoms with E-state index in [9.17, 15) is 0 Å². The molecule has 0 atom stereocenters. The predicted octanol–water partition coefficient (Wildman–Crippen LogP) is 7.09. The number of allylic oxidation sites excluding steroid dienone is 3.